The van der Waals surface area contributed by atoms with E-state index in [0.29, 0.717) is 10.9 Å². The second kappa shape index (κ2) is 9.23. The SMILES string of the molecule is CC(N)=N/N=C(\C)c1cccc(NC(=S)Nc2cccc(C3=NCCC3)c2)c1. The molecule has 0 saturated heterocycles. The third kappa shape index (κ3) is 5.47. The minimum absolute atomic E-state index is 0.421. The van der Waals surface area contributed by atoms with E-state index in [9.17, 15) is 0 Å². The van der Waals surface area contributed by atoms with Gasteiger partial charge >= 0.3 is 0 Å². The Balaban J connectivity index is 1.67. The Bertz CT molecular complexity index is 957. The van der Waals surface area contributed by atoms with Crippen LogP contribution < -0.4 is 16.4 Å². The molecule has 0 radical (unpaired) electrons. The molecule has 28 heavy (non-hydrogen) atoms. The highest BCUT2D eigenvalue weighted by Gasteiger charge is 2.09. The number of amidine groups is 1. The number of hydrogen-bond donors (Lipinski definition) is 3. The van der Waals surface area contributed by atoms with E-state index in [4.69, 9.17) is 18.0 Å². The van der Waals surface area contributed by atoms with Crippen molar-refractivity contribution in [2.75, 3.05) is 17.2 Å². The standard InChI is InChI=1S/C21H24N6S/c1-14(26-27-15(2)22)16-6-3-8-18(12-16)24-21(28)25-19-9-4-7-17(13-19)20-10-5-11-23-20/h3-4,6-9,12-13H,5,10-11H2,1-2H3,(H2,22,27)(H2,24,25,28)/b26-14+. The summed E-state index contributed by atoms with van der Waals surface area (Å²) in [6.07, 6.45) is 2.16. The van der Waals surface area contributed by atoms with Crippen molar-refractivity contribution in [1.82, 2.24) is 0 Å². The highest BCUT2D eigenvalue weighted by Crippen LogP contribution is 2.18. The maximum absolute atomic E-state index is 5.54. The van der Waals surface area contributed by atoms with Crippen LogP contribution in [0.25, 0.3) is 0 Å². The van der Waals surface area contributed by atoms with E-state index in [-0.39, 0.29) is 0 Å². The number of thiocarbonyl (C=S) groups is 1. The van der Waals surface area contributed by atoms with Crippen molar-refractivity contribution in [3.63, 3.8) is 0 Å². The molecule has 144 valence electrons. The molecular formula is C21H24N6S. The Kier molecular flexibility index (Phi) is 6.49. The van der Waals surface area contributed by atoms with Gasteiger partial charge in [0, 0.05) is 23.6 Å². The van der Waals surface area contributed by atoms with Crippen LogP contribution in [-0.2, 0) is 0 Å². The minimum atomic E-state index is 0.421. The molecule has 0 atom stereocenters. The Morgan fingerprint density at radius 1 is 1.04 bits per heavy atom. The molecule has 1 aliphatic heterocycles. The first-order valence-corrected chi connectivity index (χ1v) is 9.58. The van der Waals surface area contributed by atoms with Gasteiger partial charge in [-0.2, -0.15) is 5.10 Å². The van der Waals surface area contributed by atoms with Crippen LogP contribution in [0.15, 0.2) is 63.7 Å². The number of nitrogens with zero attached hydrogens (tertiary/aromatic N) is 3. The minimum Gasteiger partial charge on any atom is -0.386 e. The second-order valence-corrected chi connectivity index (χ2v) is 7.01. The summed E-state index contributed by atoms with van der Waals surface area (Å²) in [6.45, 7) is 4.51. The number of hydrogen-bond acceptors (Lipinski definition) is 4. The van der Waals surface area contributed by atoms with Crippen LogP contribution in [0.4, 0.5) is 11.4 Å². The Morgan fingerprint density at radius 3 is 2.43 bits per heavy atom. The zero-order valence-electron chi connectivity index (χ0n) is 16.1. The summed E-state index contributed by atoms with van der Waals surface area (Å²) >= 11 is 5.47. The number of rotatable bonds is 5. The van der Waals surface area contributed by atoms with Gasteiger partial charge in [-0.05, 0) is 74.3 Å². The van der Waals surface area contributed by atoms with E-state index in [2.05, 4.69) is 38.0 Å². The summed E-state index contributed by atoms with van der Waals surface area (Å²) < 4.78 is 0. The van der Waals surface area contributed by atoms with Crippen LogP contribution in [0.1, 0.15) is 37.8 Å². The number of anilines is 2. The zero-order valence-corrected chi connectivity index (χ0v) is 16.9. The number of nitrogens with one attached hydrogen (secondary N) is 2. The van der Waals surface area contributed by atoms with E-state index in [0.717, 1.165) is 47.6 Å². The Hall–Kier alpha value is -3.06. The summed E-state index contributed by atoms with van der Waals surface area (Å²) in [5, 5.41) is 15.0. The monoisotopic (exact) mass is 392 g/mol. The fourth-order valence-electron chi connectivity index (χ4n) is 2.88. The molecule has 0 aromatic heterocycles. The fraction of sp³-hybridized carbons (Fsp3) is 0.238. The lowest BCUT2D eigenvalue weighted by Gasteiger charge is -2.12. The van der Waals surface area contributed by atoms with Gasteiger partial charge in [-0.25, -0.2) is 0 Å². The summed E-state index contributed by atoms with van der Waals surface area (Å²) in [4.78, 5) is 4.56. The smallest absolute Gasteiger partial charge is 0.175 e. The average Bonchev–Trinajstić information content (AvgIpc) is 3.21. The highest BCUT2D eigenvalue weighted by atomic mass is 32.1. The lowest BCUT2D eigenvalue weighted by Crippen LogP contribution is -2.19. The molecule has 0 bridgehead atoms. The lowest BCUT2D eigenvalue weighted by molar-refractivity contribution is 0.951. The topological polar surface area (TPSA) is 87.2 Å². The number of aliphatic imine (C=N–C) groups is 1. The quantitative estimate of drug-likeness (QED) is 0.308. The first kappa shape index (κ1) is 19.7. The molecule has 0 aliphatic carbocycles. The maximum atomic E-state index is 5.54. The molecule has 0 amide bonds. The fourth-order valence-corrected chi connectivity index (χ4v) is 3.11. The summed E-state index contributed by atoms with van der Waals surface area (Å²) in [5.41, 5.74) is 11.4. The zero-order chi connectivity index (χ0) is 19.9. The molecule has 1 heterocycles. The van der Waals surface area contributed by atoms with Crippen LogP contribution in [0.3, 0.4) is 0 Å². The van der Waals surface area contributed by atoms with Gasteiger partial charge in [0.05, 0.1) is 5.71 Å². The van der Waals surface area contributed by atoms with Gasteiger partial charge in [-0.15, -0.1) is 5.10 Å². The van der Waals surface area contributed by atoms with Crippen LogP contribution in [0.2, 0.25) is 0 Å². The van der Waals surface area contributed by atoms with Crippen molar-refractivity contribution in [2.45, 2.75) is 26.7 Å². The highest BCUT2D eigenvalue weighted by molar-refractivity contribution is 7.80. The Labute approximate surface area is 170 Å². The second-order valence-electron chi connectivity index (χ2n) is 6.60. The molecular weight excluding hydrogens is 368 g/mol. The molecule has 6 nitrogen and oxygen atoms in total. The summed E-state index contributed by atoms with van der Waals surface area (Å²) in [5.74, 6) is 0.421. The van der Waals surface area contributed by atoms with Crippen molar-refractivity contribution in [2.24, 2.45) is 20.9 Å². The molecule has 0 unspecified atom stereocenters. The number of benzene rings is 2. The van der Waals surface area contributed by atoms with Crippen molar-refractivity contribution in [3.05, 3.63) is 59.7 Å². The van der Waals surface area contributed by atoms with Gasteiger partial charge in [0.1, 0.15) is 5.84 Å². The van der Waals surface area contributed by atoms with E-state index >= 15 is 0 Å². The molecule has 2 aromatic carbocycles. The van der Waals surface area contributed by atoms with Gasteiger partial charge in [0.25, 0.3) is 0 Å². The van der Waals surface area contributed by atoms with Crippen molar-refractivity contribution >= 4 is 46.0 Å². The predicted molar refractivity (Wildman–Crippen MR) is 123 cm³/mol. The molecule has 0 spiro atoms. The summed E-state index contributed by atoms with van der Waals surface area (Å²) in [6, 6.07) is 16.0. The largest absolute Gasteiger partial charge is 0.386 e. The van der Waals surface area contributed by atoms with Gasteiger partial charge in [0.2, 0.25) is 0 Å². The van der Waals surface area contributed by atoms with Crippen molar-refractivity contribution in [3.8, 4) is 0 Å². The predicted octanol–water partition coefficient (Wildman–Crippen LogP) is 4.18. The first-order valence-electron chi connectivity index (χ1n) is 9.18. The van der Waals surface area contributed by atoms with Crippen LogP contribution in [0, 0.1) is 0 Å². The molecule has 2 aromatic rings. The van der Waals surface area contributed by atoms with Gasteiger partial charge in [-0.3, -0.25) is 4.99 Å². The van der Waals surface area contributed by atoms with Gasteiger partial charge in [0.15, 0.2) is 5.11 Å². The third-order valence-electron chi connectivity index (χ3n) is 4.22. The summed E-state index contributed by atoms with van der Waals surface area (Å²) in [7, 11) is 0. The molecule has 3 rings (SSSR count). The first-order chi connectivity index (χ1) is 13.5. The van der Waals surface area contributed by atoms with Crippen LogP contribution >= 0.6 is 12.2 Å². The van der Waals surface area contributed by atoms with E-state index in [1.165, 1.54) is 5.71 Å². The van der Waals surface area contributed by atoms with Crippen molar-refractivity contribution < 1.29 is 0 Å². The van der Waals surface area contributed by atoms with Crippen LogP contribution in [0.5, 0.6) is 0 Å². The number of nitrogens with two attached hydrogens (primary N) is 1. The maximum Gasteiger partial charge on any atom is 0.175 e. The average molecular weight is 393 g/mol. The Morgan fingerprint density at radius 2 is 1.75 bits per heavy atom. The molecule has 7 heteroatoms. The van der Waals surface area contributed by atoms with E-state index < -0.39 is 0 Å². The molecule has 4 N–H and O–H groups in total. The molecule has 1 aliphatic rings. The van der Waals surface area contributed by atoms with Gasteiger partial charge < -0.3 is 16.4 Å². The van der Waals surface area contributed by atoms with Crippen molar-refractivity contribution in [1.29, 1.82) is 0 Å². The molecule has 0 saturated carbocycles. The van der Waals surface area contributed by atoms with E-state index in [1.54, 1.807) is 6.92 Å². The van der Waals surface area contributed by atoms with E-state index in [1.807, 2.05) is 43.3 Å². The molecule has 0 fully saturated rings. The lowest BCUT2D eigenvalue weighted by atomic mass is 10.1. The normalized spacial score (nSPS) is 14.6. The van der Waals surface area contributed by atoms with Crippen LogP contribution in [-0.4, -0.2) is 28.9 Å². The third-order valence-corrected chi connectivity index (χ3v) is 4.43. The van der Waals surface area contributed by atoms with Gasteiger partial charge in [-0.1, -0.05) is 24.3 Å².